The van der Waals surface area contributed by atoms with E-state index in [2.05, 4.69) is 9.27 Å². The van der Waals surface area contributed by atoms with Gasteiger partial charge in [-0.3, -0.25) is 14.2 Å². The summed E-state index contributed by atoms with van der Waals surface area (Å²) in [5.74, 6) is -4.72. The highest BCUT2D eigenvalue weighted by molar-refractivity contribution is 7.80. The van der Waals surface area contributed by atoms with E-state index in [4.69, 9.17) is 15.1 Å². The smallest absolute Gasteiger partial charge is 0.336 e. The van der Waals surface area contributed by atoms with Crippen LogP contribution in [-0.4, -0.2) is 75.6 Å². The average molecular weight is 440 g/mol. The van der Waals surface area contributed by atoms with E-state index in [9.17, 15) is 26.8 Å². The van der Waals surface area contributed by atoms with E-state index in [-0.39, 0.29) is 11.7 Å². The lowest BCUT2D eigenvalue weighted by Gasteiger charge is -2.34. The first kappa shape index (κ1) is 21.3. The van der Waals surface area contributed by atoms with Gasteiger partial charge in [0.2, 0.25) is 0 Å². The molecule has 3 atom stereocenters. The van der Waals surface area contributed by atoms with Crippen molar-refractivity contribution in [3.8, 4) is 0 Å². The molecule has 0 saturated carbocycles. The number of nitrogens with one attached hydrogen (secondary N) is 1. The topological polar surface area (TPSA) is 169 Å². The van der Waals surface area contributed by atoms with Crippen LogP contribution in [0.15, 0.2) is 12.5 Å². The van der Waals surface area contributed by atoms with Crippen molar-refractivity contribution in [3.05, 3.63) is 18.2 Å². The van der Waals surface area contributed by atoms with Crippen molar-refractivity contribution in [3.63, 3.8) is 0 Å². The molecule has 2 saturated heterocycles. The molecule has 1 unspecified atom stereocenters. The second kappa shape index (κ2) is 7.45. The number of aryl methyl sites for hydroxylation is 1. The quantitative estimate of drug-likeness (QED) is 0.345. The molecular formula is C13H18F2N6O7S. The van der Waals surface area contributed by atoms with Gasteiger partial charge in [-0.25, -0.2) is 24.0 Å². The van der Waals surface area contributed by atoms with Crippen molar-refractivity contribution in [1.29, 1.82) is 0 Å². The molecule has 4 N–H and O–H groups in total. The number of alkyl halides is 2. The van der Waals surface area contributed by atoms with Crippen molar-refractivity contribution < 1.29 is 40.5 Å². The molecule has 162 valence electrons. The number of nitrogens with two attached hydrogens (primary N) is 1. The summed E-state index contributed by atoms with van der Waals surface area (Å²) in [4.78, 5) is 34.1. The number of hydrogen-bond donors (Lipinski definition) is 3. The first-order valence-corrected chi connectivity index (χ1v) is 9.55. The second-order valence-electron chi connectivity index (χ2n) is 6.57. The lowest BCUT2D eigenvalue weighted by atomic mass is 9.96. The molecule has 2 fully saturated rings. The Morgan fingerprint density at radius 3 is 2.83 bits per heavy atom. The molecule has 2 bridgehead atoms. The summed E-state index contributed by atoms with van der Waals surface area (Å²) in [5.41, 5.74) is 8.44. The molecule has 1 aromatic heterocycles. The third-order valence-electron chi connectivity index (χ3n) is 4.56. The molecule has 2 aliphatic rings. The summed E-state index contributed by atoms with van der Waals surface area (Å²) in [6.45, 7) is -0.892. The number of carbonyl (C=O) groups excluding carboxylic acids is 2. The SMILES string of the molecule is Cn1cncc1C(N)CONC(=O)[C@@H]1CC(F)(F)[C@@H]2CN1C(=O)N2OS(=O)(=O)O. The highest BCUT2D eigenvalue weighted by atomic mass is 32.3. The second-order valence-corrected chi connectivity index (χ2v) is 7.58. The van der Waals surface area contributed by atoms with Crippen LogP contribution in [0.25, 0.3) is 0 Å². The van der Waals surface area contributed by atoms with Crippen molar-refractivity contribution in [1.82, 2.24) is 25.0 Å². The number of imidazole rings is 1. The number of carbonyl (C=O) groups is 2. The van der Waals surface area contributed by atoms with Gasteiger partial charge in [-0.05, 0) is 0 Å². The molecule has 0 aliphatic carbocycles. The first-order valence-electron chi connectivity index (χ1n) is 8.19. The number of nitrogens with zero attached hydrogens (tertiary/aromatic N) is 4. The fraction of sp³-hybridized carbons (Fsp3) is 0.615. The third kappa shape index (κ3) is 4.30. The van der Waals surface area contributed by atoms with Crippen molar-refractivity contribution >= 4 is 22.3 Å². The molecule has 13 nitrogen and oxygen atoms in total. The minimum atomic E-state index is -5.22. The van der Waals surface area contributed by atoms with Crippen LogP contribution >= 0.6 is 0 Å². The number of hydrogen-bond acceptors (Lipinski definition) is 8. The van der Waals surface area contributed by atoms with Crippen LogP contribution < -0.4 is 11.2 Å². The van der Waals surface area contributed by atoms with Gasteiger partial charge in [-0.2, -0.15) is 13.5 Å². The van der Waals surface area contributed by atoms with E-state index in [0.717, 1.165) is 0 Å². The number of amides is 3. The van der Waals surface area contributed by atoms with E-state index in [1.165, 1.54) is 12.5 Å². The summed E-state index contributed by atoms with van der Waals surface area (Å²) in [7, 11) is -3.52. The number of hydroxylamine groups is 3. The lowest BCUT2D eigenvalue weighted by molar-refractivity contribution is -0.159. The lowest BCUT2D eigenvalue weighted by Crippen LogP contribution is -2.56. The fourth-order valence-corrected chi connectivity index (χ4v) is 3.54. The number of rotatable bonds is 7. The van der Waals surface area contributed by atoms with Crippen molar-refractivity contribution in [2.45, 2.75) is 30.5 Å². The van der Waals surface area contributed by atoms with Crippen molar-refractivity contribution in [2.24, 2.45) is 12.8 Å². The molecule has 0 spiro atoms. The maximum absolute atomic E-state index is 14.4. The van der Waals surface area contributed by atoms with Gasteiger partial charge in [0, 0.05) is 19.7 Å². The maximum atomic E-state index is 14.4. The largest absolute Gasteiger partial charge is 0.418 e. The van der Waals surface area contributed by atoms with E-state index >= 15 is 0 Å². The number of aromatic nitrogens is 2. The third-order valence-corrected chi connectivity index (χ3v) is 4.91. The van der Waals surface area contributed by atoms with Crippen LogP contribution in [0.1, 0.15) is 18.2 Å². The standard InChI is InChI=1S/C13H18F2N6O7S/c1-19-6-17-3-9(19)7(16)5-27-18-11(22)8-2-13(14,15)10-4-20(8)12(23)21(10)28-29(24,25)26/h3,6-8,10H,2,4-5,16H2,1H3,(H,18,22)(H,24,25,26)/t7?,8-,10-/m0/s1. The van der Waals surface area contributed by atoms with Crippen LogP contribution in [0.3, 0.4) is 0 Å². The molecular weight excluding hydrogens is 422 g/mol. The van der Waals surface area contributed by atoms with Crippen LogP contribution in [0, 0.1) is 0 Å². The molecule has 16 heteroatoms. The summed E-state index contributed by atoms with van der Waals surface area (Å²) >= 11 is 0. The Bertz CT molecular complexity index is 909. The van der Waals surface area contributed by atoms with E-state index in [1.54, 1.807) is 11.6 Å². The first-order chi connectivity index (χ1) is 13.4. The molecule has 0 aromatic carbocycles. The van der Waals surface area contributed by atoms with Crippen LogP contribution in [0.2, 0.25) is 0 Å². The van der Waals surface area contributed by atoms with Gasteiger partial charge in [-0.1, -0.05) is 0 Å². The molecule has 3 amide bonds. The molecule has 1 aromatic rings. The zero-order valence-electron chi connectivity index (χ0n) is 14.9. The van der Waals surface area contributed by atoms with Crippen LogP contribution in [0.4, 0.5) is 13.6 Å². The Morgan fingerprint density at radius 2 is 2.24 bits per heavy atom. The minimum Gasteiger partial charge on any atom is -0.336 e. The van der Waals surface area contributed by atoms with Crippen LogP contribution in [-0.2, 0) is 31.4 Å². The van der Waals surface area contributed by atoms with Crippen molar-refractivity contribution in [2.75, 3.05) is 13.2 Å². The maximum Gasteiger partial charge on any atom is 0.418 e. The summed E-state index contributed by atoms with van der Waals surface area (Å²) in [5, 5.41) is -0.151. The number of fused-ring (bicyclic) bond motifs is 2. The van der Waals surface area contributed by atoms with Gasteiger partial charge < -0.3 is 15.2 Å². The minimum absolute atomic E-state index is 0.151. The number of piperidine rings is 1. The predicted molar refractivity (Wildman–Crippen MR) is 87.9 cm³/mol. The Morgan fingerprint density at radius 1 is 1.55 bits per heavy atom. The predicted octanol–water partition coefficient (Wildman–Crippen LogP) is -1.28. The highest BCUT2D eigenvalue weighted by Gasteiger charge is 2.62. The van der Waals surface area contributed by atoms with Gasteiger partial charge in [0.25, 0.3) is 11.8 Å². The molecule has 3 heterocycles. The Kier molecular flexibility index (Phi) is 5.48. The van der Waals surface area contributed by atoms with Crippen LogP contribution in [0.5, 0.6) is 0 Å². The molecule has 0 radical (unpaired) electrons. The zero-order valence-corrected chi connectivity index (χ0v) is 15.8. The highest BCUT2D eigenvalue weighted by Crippen LogP contribution is 2.41. The molecule has 3 rings (SSSR count). The van der Waals surface area contributed by atoms with E-state index in [0.29, 0.717) is 10.6 Å². The fourth-order valence-electron chi connectivity index (χ4n) is 3.17. The normalized spacial score (nSPS) is 24.7. The van der Waals surface area contributed by atoms with Gasteiger partial charge in [0.1, 0.15) is 12.1 Å². The Balaban J connectivity index is 1.64. The summed E-state index contributed by atoms with van der Waals surface area (Å²) in [6.07, 6.45) is 1.90. The Labute approximate surface area is 163 Å². The van der Waals surface area contributed by atoms with Gasteiger partial charge in [-0.15, -0.1) is 4.28 Å². The van der Waals surface area contributed by atoms with E-state index in [1.807, 2.05) is 5.48 Å². The summed E-state index contributed by atoms with van der Waals surface area (Å²) < 4.78 is 64.7. The molecule has 29 heavy (non-hydrogen) atoms. The Hall–Kier alpha value is -2.40. The number of halogens is 2. The van der Waals surface area contributed by atoms with Gasteiger partial charge in [0.15, 0.2) is 0 Å². The van der Waals surface area contributed by atoms with Gasteiger partial charge in [0.05, 0.1) is 31.2 Å². The zero-order chi connectivity index (χ0) is 21.6. The number of urea groups is 1. The average Bonchev–Trinajstić information content (AvgIpc) is 3.14. The summed E-state index contributed by atoms with van der Waals surface area (Å²) in [6, 6.07) is -5.62. The van der Waals surface area contributed by atoms with Gasteiger partial charge >= 0.3 is 16.4 Å². The van der Waals surface area contributed by atoms with E-state index < -0.39 is 59.4 Å². The molecule has 2 aliphatic heterocycles. The monoisotopic (exact) mass is 440 g/mol.